The highest BCUT2D eigenvalue weighted by Crippen LogP contribution is 2.19. The summed E-state index contributed by atoms with van der Waals surface area (Å²) < 4.78 is 27.2. The zero-order valence-corrected chi connectivity index (χ0v) is 11.7. The summed E-state index contributed by atoms with van der Waals surface area (Å²) >= 11 is 3.30. The molecule has 0 saturated carbocycles. The molecule has 6 heteroatoms. The van der Waals surface area contributed by atoms with Gasteiger partial charge in [0.2, 0.25) is 10.0 Å². The Hall–Kier alpha value is -0.430. The van der Waals surface area contributed by atoms with Crippen molar-refractivity contribution >= 4 is 26.0 Å². The van der Waals surface area contributed by atoms with E-state index in [0.29, 0.717) is 18.0 Å². The van der Waals surface area contributed by atoms with E-state index in [1.165, 1.54) is 0 Å². The van der Waals surface area contributed by atoms with Crippen molar-refractivity contribution in [1.29, 1.82) is 0 Å². The monoisotopic (exact) mass is 306 g/mol. The lowest BCUT2D eigenvalue weighted by Crippen LogP contribution is -2.30. The normalized spacial score (nSPS) is 11.7. The second-order valence-electron chi connectivity index (χ2n) is 3.41. The molecule has 0 aromatic heterocycles. The molecule has 0 heterocycles. The Morgan fingerprint density at radius 2 is 2.00 bits per heavy atom. The molecule has 4 nitrogen and oxygen atoms in total. The van der Waals surface area contributed by atoms with Crippen LogP contribution in [0.25, 0.3) is 0 Å². The first-order chi connectivity index (χ1) is 7.47. The van der Waals surface area contributed by atoms with E-state index in [1.807, 2.05) is 0 Å². The maximum atomic E-state index is 11.9. The topological polar surface area (TPSA) is 58.2 Å². The van der Waals surface area contributed by atoms with Gasteiger partial charge in [0.15, 0.2) is 0 Å². The van der Waals surface area contributed by atoms with Crippen LogP contribution < -0.4 is 10.0 Å². The fourth-order valence-corrected chi connectivity index (χ4v) is 3.03. The lowest BCUT2D eigenvalue weighted by molar-refractivity contribution is 0.579. The van der Waals surface area contributed by atoms with Crippen molar-refractivity contribution < 1.29 is 8.42 Å². The third-order valence-corrected chi connectivity index (χ3v) is 4.21. The van der Waals surface area contributed by atoms with Crippen LogP contribution in [0.15, 0.2) is 27.6 Å². The summed E-state index contributed by atoms with van der Waals surface area (Å²) in [5.74, 6) is 0. The van der Waals surface area contributed by atoms with E-state index in [1.54, 1.807) is 32.2 Å². The smallest absolute Gasteiger partial charge is 0.240 e. The zero-order valence-electron chi connectivity index (χ0n) is 9.25. The van der Waals surface area contributed by atoms with Crippen LogP contribution in [-0.2, 0) is 10.0 Å². The number of aryl methyl sites for hydroxylation is 1. The van der Waals surface area contributed by atoms with Gasteiger partial charge in [-0.05, 0) is 37.7 Å². The minimum absolute atomic E-state index is 0.326. The van der Waals surface area contributed by atoms with Gasteiger partial charge < -0.3 is 5.32 Å². The van der Waals surface area contributed by atoms with Gasteiger partial charge in [-0.25, -0.2) is 13.1 Å². The number of likely N-dealkylation sites (N-methyl/N-ethyl adjacent to an activating group) is 1. The standard InChI is InChI=1S/C10H15BrN2O2S/c1-8-7-9(11)3-4-10(8)16(14,15)13-6-5-12-2/h3-4,7,12-13H,5-6H2,1-2H3. The molecule has 0 fully saturated rings. The molecule has 1 aromatic rings. The predicted molar refractivity (Wildman–Crippen MR) is 68.0 cm³/mol. The number of nitrogens with one attached hydrogen (secondary N) is 2. The van der Waals surface area contributed by atoms with E-state index >= 15 is 0 Å². The SMILES string of the molecule is CNCCNS(=O)(=O)c1ccc(Br)cc1C. The van der Waals surface area contributed by atoms with Crippen molar-refractivity contribution in [2.75, 3.05) is 20.1 Å². The van der Waals surface area contributed by atoms with Crippen molar-refractivity contribution in [3.05, 3.63) is 28.2 Å². The van der Waals surface area contributed by atoms with Gasteiger partial charge in [0.05, 0.1) is 4.90 Å². The van der Waals surface area contributed by atoms with Crippen LogP contribution in [0, 0.1) is 6.92 Å². The Kier molecular flexibility index (Phi) is 4.91. The van der Waals surface area contributed by atoms with Crippen molar-refractivity contribution in [3.8, 4) is 0 Å². The molecule has 1 rings (SSSR count). The molecule has 0 aliphatic rings. The van der Waals surface area contributed by atoms with Crippen LogP contribution in [-0.4, -0.2) is 28.6 Å². The third-order valence-electron chi connectivity index (χ3n) is 2.09. The molecule has 0 radical (unpaired) electrons. The van der Waals surface area contributed by atoms with Gasteiger partial charge in [0.1, 0.15) is 0 Å². The molecular formula is C10H15BrN2O2S. The van der Waals surface area contributed by atoms with Gasteiger partial charge in [-0.2, -0.15) is 0 Å². The largest absolute Gasteiger partial charge is 0.318 e. The molecule has 90 valence electrons. The first kappa shape index (κ1) is 13.6. The Morgan fingerprint density at radius 1 is 1.31 bits per heavy atom. The zero-order chi connectivity index (χ0) is 12.2. The summed E-state index contributed by atoms with van der Waals surface area (Å²) in [7, 11) is -1.61. The minimum Gasteiger partial charge on any atom is -0.318 e. The third kappa shape index (κ3) is 3.55. The van der Waals surface area contributed by atoms with Gasteiger partial charge >= 0.3 is 0 Å². The van der Waals surface area contributed by atoms with E-state index in [2.05, 4.69) is 26.0 Å². The maximum absolute atomic E-state index is 11.9. The van der Waals surface area contributed by atoms with E-state index in [9.17, 15) is 8.42 Å². The number of sulfonamides is 1. The molecule has 2 N–H and O–H groups in total. The molecule has 0 spiro atoms. The lowest BCUT2D eigenvalue weighted by atomic mass is 10.2. The Morgan fingerprint density at radius 3 is 2.56 bits per heavy atom. The highest BCUT2D eigenvalue weighted by Gasteiger charge is 2.15. The van der Waals surface area contributed by atoms with Gasteiger partial charge in [0, 0.05) is 17.6 Å². The molecule has 0 amide bonds. The highest BCUT2D eigenvalue weighted by molar-refractivity contribution is 9.10. The first-order valence-corrected chi connectivity index (χ1v) is 7.15. The second-order valence-corrected chi connectivity index (χ2v) is 6.06. The van der Waals surface area contributed by atoms with Crippen molar-refractivity contribution in [2.45, 2.75) is 11.8 Å². The molecule has 0 aliphatic carbocycles. The van der Waals surface area contributed by atoms with E-state index in [0.717, 1.165) is 10.0 Å². The Labute approximate surface area is 105 Å². The number of hydrogen-bond donors (Lipinski definition) is 2. The molecular weight excluding hydrogens is 292 g/mol. The molecule has 0 bridgehead atoms. The second kappa shape index (κ2) is 5.77. The average Bonchev–Trinajstić information content (AvgIpc) is 2.17. The van der Waals surface area contributed by atoms with Crippen LogP contribution in [0.4, 0.5) is 0 Å². The fourth-order valence-electron chi connectivity index (χ4n) is 1.30. The van der Waals surface area contributed by atoms with E-state index in [4.69, 9.17) is 0 Å². The lowest BCUT2D eigenvalue weighted by Gasteiger charge is -2.09. The summed E-state index contributed by atoms with van der Waals surface area (Å²) in [6.45, 7) is 2.76. The quantitative estimate of drug-likeness (QED) is 0.805. The molecule has 0 saturated heterocycles. The molecule has 16 heavy (non-hydrogen) atoms. The number of benzene rings is 1. The van der Waals surface area contributed by atoms with Crippen molar-refractivity contribution in [2.24, 2.45) is 0 Å². The van der Waals surface area contributed by atoms with Gasteiger partial charge in [0.25, 0.3) is 0 Å². The van der Waals surface area contributed by atoms with Crippen molar-refractivity contribution in [1.82, 2.24) is 10.0 Å². The minimum atomic E-state index is -3.39. The average molecular weight is 307 g/mol. The van der Waals surface area contributed by atoms with Crippen LogP contribution in [0.1, 0.15) is 5.56 Å². The van der Waals surface area contributed by atoms with Crippen LogP contribution in [0.3, 0.4) is 0 Å². The Balaban J connectivity index is 2.90. The number of rotatable bonds is 5. The van der Waals surface area contributed by atoms with Gasteiger partial charge in [-0.1, -0.05) is 15.9 Å². The van der Waals surface area contributed by atoms with Gasteiger partial charge in [-0.3, -0.25) is 0 Å². The molecule has 0 aliphatic heterocycles. The fraction of sp³-hybridized carbons (Fsp3) is 0.400. The van der Waals surface area contributed by atoms with Gasteiger partial charge in [-0.15, -0.1) is 0 Å². The Bertz CT molecular complexity index is 460. The van der Waals surface area contributed by atoms with E-state index < -0.39 is 10.0 Å². The summed E-state index contributed by atoms with van der Waals surface area (Å²) in [5, 5.41) is 2.88. The van der Waals surface area contributed by atoms with E-state index in [-0.39, 0.29) is 0 Å². The summed E-state index contributed by atoms with van der Waals surface area (Å²) in [4.78, 5) is 0.326. The highest BCUT2D eigenvalue weighted by atomic mass is 79.9. The van der Waals surface area contributed by atoms with Crippen LogP contribution >= 0.6 is 15.9 Å². The molecule has 0 unspecified atom stereocenters. The molecule has 0 atom stereocenters. The summed E-state index contributed by atoms with van der Waals surface area (Å²) in [5.41, 5.74) is 0.728. The van der Waals surface area contributed by atoms with Crippen LogP contribution in [0.2, 0.25) is 0 Å². The number of halogens is 1. The van der Waals surface area contributed by atoms with Crippen molar-refractivity contribution in [3.63, 3.8) is 0 Å². The predicted octanol–water partition coefficient (Wildman–Crippen LogP) is 1.26. The summed E-state index contributed by atoms with van der Waals surface area (Å²) in [6.07, 6.45) is 0. The summed E-state index contributed by atoms with van der Waals surface area (Å²) in [6, 6.07) is 5.10. The molecule has 1 aromatic carbocycles. The maximum Gasteiger partial charge on any atom is 0.240 e. The van der Waals surface area contributed by atoms with Crippen LogP contribution in [0.5, 0.6) is 0 Å². The first-order valence-electron chi connectivity index (χ1n) is 4.88. The number of hydrogen-bond acceptors (Lipinski definition) is 3.